The van der Waals surface area contributed by atoms with Gasteiger partial charge in [0.25, 0.3) is 5.91 Å². The first-order valence-electron chi connectivity index (χ1n) is 9.05. The van der Waals surface area contributed by atoms with Gasteiger partial charge in [-0.25, -0.2) is 14.4 Å². The van der Waals surface area contributed by atoms with Gasteiger partial charge < -0.3 is 9.72 Å². The number of anilines is 1. The van der Waals surface area contributed by atoms with Crippen molar-refractivity contribution in [2.45, 2.75) is 33.1 Å². The van der Waals surface area contributed by atoms with Gasteiger partial charge in [0, 0.05) is 34.5 Å². The van der Waals surface area contributed by atoms with Gasteiger partial charge in [-0.15, -0.1) is 0 Å². The second kappa shape index (κ2) is 6.88. The standard InChI is InChI=1S/C21H19BrFN5O/c1-11-9-28-10-12(7-15(23)19(28)25-11)26-20(29)13-5-6-14(22)18-17(13)24-8-16(27-18)21(2,3)4/h5-10H,1-4H3,(H,26,29). The Morgan fingerprint density at radius 2 is 1.93 bits per heavy atom. The second-order valence-electron chi connectivity index (χ2n) is 7.94. The molecule has 0 saturated heterocycles. The number of fused-ring (bicyclic) bond motifs is 2. The molecule has 0 spiro atoms. The van der Waals surface area contributed by atoms with Gasteiger partial charge in [0.2, 0.25) is 0 Å². The van der Waals surface area contributed by atoms with Gasteiger partial charge in [-0.2, -0.15) is 0 Å². The number of halogens is 2. The monoisotopic (exact) mass is 455 g/mol. The van der Waals surface area contributed by atoms with Crippen molar-refractivity contribution in [3.63, 3.8) is 0 Å². The van der Waals surface area contributed by atoms with E-state index in [9.17, 15) is 9.18 Å². The van der Waals surface area contributed by atoms with Crippen LogP contribution in [0.2, 0.25) is 0 Å². The van der Waals surface area contributed by atoms with Gasteiger partial charge in [0.15, 0.2) is 11.5 Å². The molecule has 6 nitrogen and oxygen atoms in total. The van der Waals surface area contributed by atoms with E-state index in [0.29, 0.717) is 28.0 Å². The lowest BCUT2D eigenvalue weighted by molar-refractivity contribution is 0.102. The van der Waals surface area contributed by atoms with Crippen LogP contribution in [0.4, 0.5) is 10.1 Å². The molecule has 0 bridgehead atoms. The molecule has 3 heterocycles. The lowest BCUT2D eigenvalue weighted by atomic mass is 9.92. The largest absolute Gasteiger partial charge is 0.320 e. The van der Waals surface area contributed by atoms with Crippen molar-refractivity contribution in [3.8, 4) is 0 Å². The molecule has 0 unspecified atom stereocenters. The highest BCUT2D eigenvalue weighted by Gasteiger charge is 2.20. The third-order valence-electron chi connectivity index (χ3n) is 4.55. The average Bonchev–Trinajstić information content (AvgIpc) is 3.02. The number of pyridine rings is 1. The van der Waals surface area contributed by atoms with E-state index < -0.39 is 11.7 Å². The highest BCUT2D eigenvalue weighted by atomic mass is 79.9. The van der Waals surface area contributed by atoms with E-state index in [-0.39, 0.29) is 11.1 Å². The average molecular weight is 456 g/mol. The topological polar surface area (TPSA) is 72.2 Å². The first kappa shape index (κ1) is 19.4. The van der Waals surface area contributed by atoms with Gasteiger partial charge in [-0.3, -0.25) is 9.78 Å². The second-order valence-corrected chi connectivity index (χ2v) is 8.80. The SMILES string of the molecule is Cc1cn2cc(NC(=O)c3ccc(Br)c4nc(C(C)(C)C)cnc34)cc(F)c2n1. The number of aryl methyl sites for hydroxylation is 1. The predicted octanol–water partition coefficient (Wildman–Crippen LogP) is 5.04. The summed E-state index contributed by atoms with van der Waals surface area (Å²) in [6, 6.07) is 4.69. The Morgan fingerprint density at radius 3 is 2.66 bits per heavy atom. The van der Waals surface area contributed by atoms with Crippen LogP contribution in [0, 0.1) is 12.7 Å². The van der Waals surface area contributed by atoms with Crippen LogP contribution >= 0.6 is 15.9 Å². The van der Waals surface area contributed by atoms with Crippen LogP contribution in [0.25, 0.3) is 16.7 Å². The normalized spacial score (nSPS) is 11.9. The van der Waals surface area contributed by atoms with Gasteiger partial charge >= 0.3 is 0 Å². The summed E-state index contributed by atoms with van der Waals surface area (Å²) in [6.07, 6.45) is 5.01. The Morgan fingerprint density at radius 1 is 1.17 bits per heavy atom. The minimum absolute atomic E-state index is 0.172. The van der Waals surface area contributed by atoms with Crippen molar-refractivity contribution in [1.29, 1.82) is 0 Å². The zero-order chi connectivity index (χ0) is 20.9. The van der Waals surface area contributed by atoms with E-state index >= 15 is 0 Å². The van der Waals surface area contributed by atoms with Crippen molar-refractivity contribution < 1.29 is 9.18 Å². The summed E-state index contributed by atoms with van der Waals surface area (Å²) in [7, 11) is 0. The summed E-state index contributed by atoms with van der Waals surface area (Å²) >= 11 is 3.49. The number of aromatic nitrogens is 4. The fraction of sp³-hybridized carbons (Fsp3) is 0.238. The van der Waals surface area contributed by atoms with Crippen molar-refractivity contribution in [2.24, 2.45) is 0 Å². The van der Waals surface area contributed by atoms with Gasteiger partial charge in [0.1, 0.15) is 11.0 Å². The minimum atomic E-state index is -0.508. The zero-order valence-corrected chi connectivity index (χ0v) is 18.0. The van der Waals surface area contributed by atoms with Crippen LogP contribution in [0.15, 0.2) is 41.3 Å². The number of hydrogen-bond donors (Lipinski definition) is 1. The summed E-state index contributed by atoms with van der Waals surface area (Å²) in [5, 5.41) is 2.75. The maximum absolute atomic E-state index is 14.3. The number of rotatable bonds is 2. The molecule has 0 saturated carbocycles. The number of nitrogens with zero attached hydrogens (tertiary/aromatic N) is 4. The molecular formula is C21H19BrFN5O. The van der Waals surface area contributed by atoms with Crippen molar-refractivity contribution in [3.05, 3.63) is 64.0 Å². The fourth-order valence-corrected chi connectivity index (χ4v) is 3.47. The summed E-state index contributed by atoms with van der Waals surface area (Å²) in [4.78, 5) is 26.2. The van der Waals surface area contributed by atoms with E-state index in [0.717, 1.165) is 10.2 Å². The number of carbonyl (C=O) groups is 1. The number of benzene rings is 1. The lowest BCUT2D eigenvalue weighted by Gasteiger charge is -2.18. The highest BCUT2D eigenvalue weighted by molar-refractivity contribution is 9.10. The summed E-state index contributed by atoms with van der Waals surface area (Å²) < 4.78 is 16.6. The van der Waals surface area contributed by atoms with Crippen LogP contribution in [0.1, 0.15) is 42.5 Å². The maximum atomic E-state index is 14.3. The molecule has 0 aliphatic rings. The third kappa shape index (κ3) is 3.60. The molecule has 148 valence electrons. The van der Waals surface area contributed by atoms with Gasteiger partial charge in [-0.1, -0.05) is 20.8 Å². The predicted molar refractivity (Wildman–Crippen MR) is 114 cm³/mol. The first-order chi connectivity index (χ1) is 13.6. The third-order valence-corrected chi connectivity index (χ3v) is 5.19. The first-order valence-corrected chi connectivity index (χ1v) is 9.85. The van der Waals surface area contributed by atoms with Crippen LogP contribution < -0.4 is 5.32 Å². The number of imidazole rings is 1. The van der Waals surface area contributed by atoms with Crippen LogP contribution in [0.3, 0.4) is 0 Å². The van der Waals surface area contributed by atoms with E-state index in [1.165, 1.54) is 6.07 Å². The number of amides is 1. The molecule has 3 aromatic heterocycles. The number of carbonyl (C=O) groups excluding carboxylic acids is 1. The molecular weight excluding hydrogens is 437 g/mol. The minimum Gasteiger partial charge on any atom is -0.320 e. The van der Waals surface area contributed by atoms with Crippen molar-refractivity contribution in [1.82, 2.24) is 19.4 Å². The fourth-order valence-electron chi connectivity index (χ4n) is 3.06. The Bertz CT molecular complexity index is 1280. The lowest BCUT2D eigenvalue weighted by Crippen LogP contribution is -2.16. The Hall–Kier alpha value is -2.87. The molecule has 0 atom stereocenters. The van der Waals surface area contributed by atoms with Crippen LogP contribution in [-0.4, -0.2) is 25.3 Å². The molecule has 4 rings (SSSR count). The molecule has 8 heteroatoms. The van der Waals surface area contributed by atoms with E-state index in [1.54, 1.807) is 42.0 Å². The Balaban J connectivity index is 1.75. The number of nitrogens with one attached hydrogen (secondary N) is 1. The van der Waals surface area contributed by atoms with Crippen molar-refractivity contribution in [2.75, 3.05) is 5.32 Å². The molecule has 1 aromatic carbocycles. The molecule has 29 heavy (non-hydrogen) atoms. The van der Waals surface area contributed by atoms with E-state index in [1.807, 2.05) is 0 Å². The van der Waals surface area contributed by atoms with Gasteiger partial charge in [0.05, 0.1) is 22.6 Å². The molecule has 4 aromatic rings. The van der Waals surface area contributed by atoms with E-state index in [2.05, 4.69) is 52.0 Å². The quantitative estimate of drug-likeness (QED) is 0.459. The van der Waals surface area contributed by atoms with Gasteiger partial charge in [-0.05, 0) is 35.0 Å². The molecule has 0 aliphatic heterocycles. The zero-order valence-electron chi connectivity index (χ0n) is 16.4. The molecule has 0 aliphatic carbocycles. The summed E-state index contributed by atoms with van der Waals surface area (Å²) in [5.74, 6) is -0.901. The Kier molecular flexibility index (Phi) is 4.61. The molecule has 0 radical (unpaired) electrons. The summed E-state index contributed by atoms with van der Waals surface area (Å²) in [6.45, 7) is 7.94. The van der Waals surface area contributed by atoms with Crippen LogP contribution in [-0.2, 0) is 5.41 Å². The highest BCUT2D eigenvalue weighted by Crippen LogP contribution is 2.28. The van der Waals surface area contributed by atoms with Crippen molar-refractivity contribution >= 4 is 44.2 Å². The van der Waals surface area contributed by atoms with Crippen LogP contribution in [0.5, 0.6) is 0 Å². The molecule has 0 fully saturated rings. The molecule has 1 amide bonds. The number of hydrogen-bond acceptors (Lipinski definition) is 4. The maximum Gasteiger partial charge on any atom is 0.257 e. The van der Waals surface area contributed by atoms with E-state index in [4.69, 9.17) is 4.98 Å². The Labute approximate surface area is 175 Å². The smallest absolute Gasteiger partial charge is 0.257 e. The molecule has 1 N–H and O–H groups in total. The summed E-state index contributed by atoms with van der Waals surface area (Å²) in [5.41, 5.74) is 3.33.